The van der Waals surface area contributed by atoms with Crippen molar-refractivity contribution >= 4 is 11.6 Å². The lowest BCUT2D eigenvalue weighted by molar-refractivity contribution is 0.102. The molecule has 1 heterocycles. The van der Waals surface area contributed by atoms with E-state index >= 15 is 0 Å². The number of anilines is 1. The molecule has 1 aromatic heterocycles. The number of nitrogens with one attached hydrogen (secondary N) is 1. The third-order valence-corrected chi connectivity index (χ3v) is 3.32. The fourth-order valence-corrected chi connectivity index (χ4v) is 1.97. The van der Waals surface area contributed by atoms with E-state index in [2.05, 4.69) is 24.1 Å². The number of aromatic nitrogens is 1. The molecule has 0 aliphatic rings. The fraction of sp³-hybridized carbons (Fsp3) is 0.333. The van der Waals surface area contributed by atoms with E-state index in [0.29, 0.717) is 35.3 Å². The molecule has 0 aliphatic heterocycles. The first-order valence-corrected chi connectivity index (χ1v) is 7.62. The Labute approximate surface area is 136 Å². The largest absolute Gasteiger partial charge is 0.493 e. The summed E-state index contributed by atoms with van der Waals surface area (Å²) in [5.41, 5.74) is 1.20. The number of benzene rings is 1. The Balaban J connectivity index is 2.07. The van der Waals surface area contributed by atoms with Gasteiger partial charge in [0.25, 0.3) is 5.91 Å². The van der Waals surface area contributed by atoms with E-state index in [4.69, 9.17) is 9.47 Å². The van der Waals surface area contributed by atoms with Crippen LogP contribution in [0.25, 0.3) is 0 Å². The number of rotatable bonds is 7. The zero-order valence-corrected chi connectivity index (χ0v) is 13.7. The maximum Gasteiger partial charge on any atom is 0.255 e. The van der Waals surface area contributed by atoms with E-state index < -0.39 is 0 Å². The quantitative estimate of drug-likeness (QED) is 0.845. The van der Waals surface area contributed by atoms with Crippen molar-refractivity contribution in [3.8, 4) is 11.5 Å². The first-order chi connectivity index (χ1) is 11.1. The Kier molecular flexibility index (Phi) is 5.97. The molecule has 2 rings (SSSR count). The van der Waals surface area contributed by atoms with E-state index in [1.54, 1.807) is 49.8 Å². The van der Waals surface area contributed by atoms with Crippen molar-refractivity contribution in [2.75, 3.05) is 19.0 Å². The van der Waals surface area contributed by atoms with Crippen molar-refractivity contribution in [1.82, 2.24) is 4.98 Å². The maximum absolute atomic E-state index is 12.3. The third kappa shape index (κ3) is 4.98. The van der Waals surface area contributed by atoms with Crippen LogP contribution in [0.5, 0.6) is 11.5 Å². The highest BCUT2D eigenvalue weighted by Crippen LogP contribution is 2.28. The molecule has 0 saturated carbocycles. The molecule has 0 radical (unpaired) electrons. The molecule has 1 N–H and O–H groups in total. The van der Waals surface area contributed by atoms with E-state index in [9.17, 15) is 4.79 Å². The second-order valence-electron chi connectivity index (χ2n) is 5.59. The highest BCUT2D eigenvalue weighted by atomic mass is 16.5. The molecule has 0 unspecified atom stereocenters. The Morgan fingerprint density at radius 2 is 1.91 bits per heavy atom. The zero-order chi connectivity index (χ0) is 16.7. The van der Waals surface area contributed by atoms with Crippen LogP contribution in [0, 0.1) is 5.92 Å². The normalized spacial score (nSPS) is 10.4. The van der Waals surface area contributed by atoms with Gasteiger partial charge in [0.15, 0.2) is 11.5 Å². The van der Waals surface area contributed by atoms with Crippen LogP contribution in [-0.2, 0) is 0 Å². The van der Waals surface area contributed by atoms with Gasteiger partial charge in [-0.15, -0.1) is 0 Å². The number of carbonyl (C=O) groups excluding carboxylic acids is 1. The molecule has 23 heavy (non-hydrogen) atoms. The van der Waals surface area contributed by atoms with Gasteiger partial charge in [0.05, 0.1) is 13.7 Å². The average molecular weight is 314 g/mol. The second kappa shape index (κ2) is 8.17. The number of nitrogens with zero attached hydrogens (tertiary/aromatic N) is 1. The first kappa shape index (κ1) is 16.8. The molecule has 0 saturated heterocycles. The zero-order valence-electron chi connectivity index (χ0n) is 13.7. The van der Waals surface area contributed by atoms with Gasteiger partial charge in [-0.1, -0.05) is 13.8 Å². The van der Waals surface area contributed by atoms with Crippen molar-refractivity contribution in [2.24, 2.45) is 5.92 Å². The summed E-state index contributed by atoms with van der Waals surface area (Å²) in [5.74, 6) is 1.57. The van der Waals surface area contributed by atoms with Gasteiger partial charge in [0, 0.05) is 23.6 Å². The second-order valence-corrected chi connectivity index (χ2v) is 5.59. The molecule has 5 heteroatoms. The molecule has 0 aliphatic carbocycles. The minimum atomic E-state index is -0.205. The Morgan fingerprint density at radius 1 is 1.17 bits per heavy atom. The molecule has 0 bridgehead atoms. The van der Waals surface area contributed by atoms with Crippen LogP contribution in [0.15, 0.2) is 42.7 Å². The van der Waals surface area contributed by atoms with E-state index in [-0.39, 0.29) is 5.91 Å². The number of hydrogen-bond donors (Lipinski definition) is 1. The van der Waals surface area contributed by atoms with Gasteiger partial charge in [-0.25, -0.2) is 0 Å². The van der Waals surface area contributed by atoms with Crippen LogP contribution in [-0.4, -0.2) is 24.6 Å². The third-order valence-electron chi connectivity index (χ3n) is 3.32. The SMILES string of the molecule is COc1cc(C(=O)Nc2ccncc2)ccc1OCCC(C)C. The summed E-state index contributed by atoms with van der Waals surface area (Å²) in [6, 6.07) is 8.64. The van der Waals surface area contributed by atoms with Crippen molar-refractivity contribution in [3.05, 3.63) is 48.3 Å². The topological polar surface area (TPSA) is 60.5 Å². The number of amides is 1. The minimum absolute atomic E-state index is 0.205. The lowest BCUT2D eigenvalue weighted by atomic mass is 10.1. The Bertz CT molecular complexity index is 642. The molecule has 0 atom stereocenters. The monoisotopic (exact) mass is 314 g/mol. The molecule has 0 fully saturated rings. The first-order valence-electron chi connectivity index (χ1n) is 7.62. The Hall–Kier alpha value is -2.56. The molecule has 1 aromatic carbocycles. The van der Waals surface area contributed by atoms with Gasteiger partial charge in [0.1, 0.15) is 0 Å². The van der Waals surface area contributed by atoms with Crippen molar-refractivity contribution in [1.29, 1.82) is 0 Å². The van der Waals surface area contributed by atoms with Crippen LogP contribution >= 0.6 is 0 Å². The molecule has 1 amide bonds. The van der Waals surface area contributed by atoms with Crippen LogP contribution < -0.4 is 14.8 Å². The molecular weight excluding hydrogens is 292 g/mol. The number of carbonyl (C=O) groups is 1. The summed E-state index contributed by atoms with van der Waals surface area (Å²) >= 11 is 0. The lowest BCUT2D eigenvalue weighted by Gasteiger charge is -2.13. The summed E-state index contributed by atoms with van der Waals surface area (Å²) in [4.78, 5) is 16.2. The van der Waals surface area contributed by atoms with Gasteiger partial charge >= 0.3 is 0 Å². The number of hydrogen-bond acceptors (Lipinski definition) is 4. The van der Waals surface area contributed by atoms with E-state index in [1.165, 1.54) is 0 Å². The number of ether oxygens (including phenoxy) is 2. The predicted molar refractivity (Wildman–Crippen MR) is 90.1 cm³/mol. The summed E-state index contributed by atoms with van der Waals surface area (Å²) in [6.45, 7) is 4.91. The van der Waals surface area contributed by atoms with E-state index in [0.717, 1.165) is 6.42 Å². The van der Waals surface area contributed by atoms with Crippen LogP contribution in [0.2, 0.25) is 0 Å². The lowest BCUT2D eigenvalue weighted by Crippen LogP contribution is -2.12. The standard InChI is InChI=1S/C18H22N2O3/c1-13(2)8-11-23-16-5-4-14(12-17(16)22-3)18(21)20-15-6-9-19-10-7-15/h4-7,9-10,12-13H,8,11H2,1-3H3,(H,19,20,21). The van der Waals surface area contributed by atoms with Gasteiger partial charge < -0.3 is 14.8 Å². The Morgan fingerprint density at radius 3 is 2.57 bits per heavy atom. The predicted octanol–water partition coefficient (Wildman–Crippen LogP) is 3.77. The van der Waals surface area contributed by atoms with Gasteiger partial charge in [-0.05, 0) is 42.7 Å². The van der Waals surface area contributed by atoms with Crippen LogP contribution in [0.1, 0.15) is 30.6 Å². The van der Waals surface area contributed by atoms with Crippen molar-refractivity contribution < 1.29 is 14.3 Å². The fourth-order valence-electron chi connectivity index (χ4n) is 1.97. The van der Waals surface area contributed by atoms with Crippen molar-refractivity contribution in [2.45, 2.75) is 20.3 Å². The van der Waals surface area contributed by atoms with Gasteiger partial charge in [-0.3, -0.25) is 9.78 Å². The number of pyridine rings is 1. The van der Waals surface area contributed by atoms with Crippen LogP contribution in [0.3, 0.4) is 0 Å². The number of methoxy groups -OCH3 is 1. The highest BCUT2D eigenvalue weighted by molar-refractivity contribution is 6.04. The molecule has 5 nitrogen and oxygen atoms in total. The van der Waals surface area contributed by atoms with Gasteiger partial charge in [0.2, 0.25) is 0 Å². The summed E-state index contributed by atoms with van der Waals surface area (Å²) in [5, 5.41) is 2.81. The summed E-state index contributed by atoms with van der Waals surface area (Å²) in [6.07, 6.45) is 4.22. The molecule has 122 valence electrons. The minimum Gasteiger partial charge on any atom is -0.493 e. The smallest absolute Gasteiger partial charge is 0.255 e. The van der Waals surface area contributed by atoms with Crippen LogP contribution in [0.4, 0.5) is 5.69 Å². The molecule has 2 aromatic rings. The summed E-state index contributed by atoms with van der Waals surface area (Å²) < 4.78 is 11.1. The van der Waals surface area contributed by atoms with E-state index in [1.807, 2.05) is 0 Å². The van der Waals surface area contributed by atoms with Gasteiger partial charge in [-0.2, -0.15) is 0 Å². The maximum atomic E-state index is 12.3. The van der Waals surface area contributed by atoms with Crippen molar-refractivity contribution in [3.63, 3.8) is 0 Å². The summed E-state index contributed by atoms with van der Waals surface area (Å²) in [7, 11) is 1.56. The molecule has 0 spiro atoms. The molecular formula is C18H22N2O3. The average Bonchev–Trinajstić information content (AvgIpc) is 2.55. The highest BCUT2D eigenvalue weighted by Gasteiger charge is 2.11.